The predicted octanol–water partition coefficient (Wildman–Crippen LogP) is 3.29. The van der Waals surface area contributed by atoms with E-state index in [4.69, 9.17) is 0 Å². The van der Waals surface area contributed by atoms with Crippen LogP contribution in [-0.2, 0) is 0 Å². The van der Waals surface area contributed by atoms with E-state index < -0.39 is 16.1 Å². The summed E-state index contributed by atoms with van der Waals surface area (Å²) >= 11 is 0. The Morgan fingerprint density at radius 2 is 1.00 bits per heavy atom. The molecule has 0 unspecified atom stereocenters. The molecule has 0 aliphatic heterocycles. The van der Waals surface area contributed by atoms with Crippen molar-refractivity contribution in [3.63, 3.8) is 0 Å². The fraction of sp³-hybridized carbons (Fsp3) is 0.750. The van der Waals surface area contributed by atoms with Crippen LogP contribution in [0.2, 0.25) is 39.3 Å². The minimum atomic E-state index is -0.903. The molecule has 0 N–H and O–H groups in total. The number of hydrogen-bond donors (Lipinski definition) is 0. The van der Waals surface area contributed by atoms with Crippen molar-refractivity contribution in [2.24, 2.45) is 0 Å². The van der Waals surface area contributed by atoms with Crippen molar-refractivity contribution < 1.29 is 0 Å². The van der Waals surface area contributed by atoms with E-state index >= 15 is 0 Å². The molecule has 64 valence electrons. The van der Waals surface area contributed by atoms with Crippen molar-refractivity contribution in [3.8, 4) is 0 Å². The molecule has 0 aromatic heterocycles. The van der Waals surface area contributed by atoms with Crippen molar-refractivity contribution in [1.29, 1.82) is 0 Å². The van der Waals surface area contributed by atoms with E-state index in [1.165, 1.54) is 7.83 Å². The first-order chi connectivity index (χ1) is 4.71. The molecule has 0 radical (unpaired) electrons. The zero-order valence-corrected chi connectivity index (χ0v) is 11.5. The molecule has 0 amide bonds. The molecule has 0 rings (SSSR count). The number of rotatable bonds is 2. The Bertz CT molecular complexity index is 159. The van der Waals surface area contributed by atoms with Gasteiger partial charge in [-0.15, -0.1) is 0 Å². The van der Waals surface area contributed by atoms with E-state index in [-0.39, 0.29) is 0 Å². The summed E-state index contributed by atoms with van der Waals surface area (Å²) in [4.78, 5) is 0. The van der Waals surface area contributed by atoms with Gasteiger partial charge in [0.15, 0.2) is 0 Å². The molecule has 11 heavy (non-hydrogen) atoms. The molecule has 0 heterocycles. The zero-order valence-electron chi connectivity index (χ0n) is 8.60. The number of hydrogen-bond acceptors (Lipinski definition) is 0. The molecule has 0 aromatic carbocycles. The van der Waals surface area contributed by atoms with Crippen LogP contribution in [0.15, 0.2) is 0 Å². The van der Waals surface area contributed by atoms with E-state index in [9.17, 15) is 0 Å². The predicted molar refractivity (Wildman–Crippen MR) is 65.7 cm³/mol. The SMILES string of the molecule is C[Si](C)(C)C=[P+]=C[Si](C)(C)C. The Morgan fingerprint density at radius 3 is 1.18 bits per heavy atom. The molecule has 0 spiro atoms. The van der Waals surface area contributed by atoms with Gasteiger partial charge in [0.2, 0.25) is 0 Å². The van der Waals surface area contributed by atoms with Crippen LogP contribution in [0.1, 0.15) is 0 Å². The maximum atomic E-state index is 2.51. The van der Waals surface area contributed by atoms with Gasteiger partial charge in [0, 0.05) is 0 Å². The van der Waals surface area contributed by atoms with Gasteiger partial charge < -0.3 is 0 Å². The normalized spacial score (nSPS) is 12.5. The third kappa shape index (κ3) is 10.6. The molecule has 0 aliphatic carbocycles. The van der Waals surface area contributed by atoms with Crippen LogP contribution >= 0.6 is 7.83 Å². The van der Waals surface area contributed by atoms with Crippen LogP contribution in [-0.4, -0.2) is 27.0 Å². The Morgan fingerprint density at radius 1 is 0.727 bits per heavy atom. The summed E-state index contributed by atoms with van der Waals surface area (Å²) < 4.78 is 0. The Labute approximate surface area is 74.5 Å². The first kappa shape index (κ1) is 11.6. The third-order valence-corrected chi connectivity index (χ3v) is 8.31. The van der Waals surface area contributed by atoms with Crippen LogP contribution < -0.4 is 0 Å². The Kier molecular flexibility index (Phi) is 4.24. The summed E-state index contributed by atoms with van der Waals surface area (Å²) in [6.45, 7) is 14.3. The van der Waals surface area contributed by atoms with Crippen LogP contribution in [0, 0.1) is 0 Å². The summed E-state index contributed by atoms with van der Waals surface area (Å²) in [6, 6.07) is 0. The molecule has 0 fully saturated rings. The summed E-state index contributed by atoms with van der Waals surface area (Å²) in [5.41, 5.74) is 5.01. The molecule has 0 saturated heterocycles. The van der Waals surface area contributed by atoms with E-state index in [1.54, 1.807) is 0 Å². The van der Waals surface area contributed by atoms with Gasteiger partial charge in [0.05, 0.1) is 0 Å². The van der Waals surface area contributed by atoms with Gasteiger partial charge in [0.25, 0.3) is 0 Å². The van der Waals surface area contributed by atoms with Crippen molar-refractivity contribution in [2.45, 2.75) is 39.3 Å². The molecule has 0 aromatic rings. The molecule has 0 aliphatic rings. The molecule has 0 bridgehead atoms. The van der Waals surface area contributed by atoms with E-state index in [0.717, 1.165) is 0 Å². The van der Waals surface area contributed by atoms with Gasteiger partial charge in [-0.2, -0.15) is 0 Å². The summed E-state index contributed by atoms with van der Waals surface area (Å²) in [7, 11) is -0.332. The standard InChI is InChI=1S/C8H20PSi2/c1-10(2,3)7-9-8-11(4,5)6/h7-8H,1-6H3/q+1. The van der Waals surface area contributed by atoms with Crippen LogP contribution in [0.25, 0.3) is 0 Å². The van der Waals surface area contributed by atoms with Gasteiger partial charge in [0.1, 0.15) is 0 Å². The maximum absolute atomic E-state index is 2.51. The molecular formula is C8H20PSi2+. The van der Waals surface area contributed by atoms with Gasteiger partial charge in [-0.25, -0.2) is 0 Å². The van der Waals surface area contributed by atoms with Crippen molar-refractivity contribution in [1.82, 2.24) is 0 Å². The Balaban J connectivity index is 4.25. The third-order valence-electron chi connectivity index (χ3n) is 0.924. The molecule has 0 atom stereocenters. The topological polar surface area (TPSA) is 0 Å². The van der Waals surface area contributed by atoms with Gasteiger partial charge in [-0.05, 0) is 0 Å². The van der Waals surface area contributed by atoms with Gasteiger partial charge >= 0.3 is 74.1 Å². The summed E-state index contributed by atoms with van der Waals surface area (Å²) in [5.74, 6) is 0. The van der Waals surface area contributed by atoms with Crippen LogP contribution in [0.3, 0.4) is 0 Å². The minimum absolute atomic E-state index is 0.903. The average molecular weight is 203 g/mol. The fourth-order valence-corrected chi connectivity index (χ4v) is 5.03. The second-order valence-electron chi connectivity index (χ2n) is 5.14. The first-order valence-corrected chi connectivity index (χ1v) is 12.3. The second kappa shape index (κ2) is 4.02. The van der Waals surface area contributed by atoms with E-state index in [2.05, 4.69) is 50.1 Å². The fourth-order valence-electron chi connectivity index (χ4n) is 0.484. The van der Waals surface area contributed by atoms with Crippen molar-refractivity contribution in [2.75, 3.05) is 0 Å². The summed E-state index contributed by atoms with van der Waals surface area (Å²) in [5, 5.41) is 0. The molecule has 0 nitrogen and oxygen atoms in total. The van der Waals surface area contributed by atoms with Crippen LogP contribution in [0.4, 0.5) is 0 Å². The van der Waals surface area contributed by atoms with Gasteiger partial charge in [-0.3, -0.25) is 0 Å². The molecule has 3 heteroatoms. The van der Waals surface area contributed by atoms with Crippen molar-refractivity contribution >= 4 is 34.8 Å². The van der Waals surface area contributed by atoms with Crippen LogP contribution in [0.5, 0.6) is 0 Å². The van der Waals surface area contributed by atoms with E-state index in [1.807, 2.05) is 0 Å². The quantitative estimate of drug-likeness (QED) is 0.477. The van der Waals surface area contributed by atoms with E-state index in [0.29, 0.717) is 0 Å². The monoisotopic (exact) mass is 203 g/mol. The summed E-state index contributed by atoms with van der Waals surface area (Å²) in [6.07, 6.45) is 0. The van der Waals surface area contributed by atoms with Crippen molar-refractivity contribution in [3.05, 3.63) is 0 Å². The average Bonchev–Trinajstić information content (AvgIpc) is 1.55. The molecule has 0 saturated carbocycles. The zero-order chi connectivity index (χ0) is 9.12. The first-order valence-electron chi connectivity index (χ1n) is 4.09. The van der Waals surface area contributed by atoms with Gasteiger partial charge in [-0.1, -0.05) is 0 Å². The molecular weight excluding hydrogens is 183 g/mol. The Hall–Kier alpha value is 0.604. The second-order valence-corrected chi connectivity index (χ2v) is 17.0.